The van der Waals surface area contributed by atoms with Gasteiger partial charge in [-0.15, -0.1) is 0 Å². The van der Waals surface area contributed by atoms with Crippen molar-refractivity contribution in [2.45, 2.75) is 18.4 Å². The largest absolute Gasteiger partial charge is 0.479 e. The average Bonchev–Trinajstić information content (AvgIpc) is 3.13. The average molecular weight is 302 g/mol. The molecule has 3 rings (SSSR count). The quantitative estimate of drug-likeness (QED) is 0.903. The molecule has 0 bridgehead atoms. The number of nitrogens with zero attached hydrogens (tertiary/aromatic N) is 1. The van der Waals surface area contributed by atoms with Gasteiger partial charge in [0.1, 0.15) is 0 Å². The highest BCUT2D eigenvalue weighted by Crippen LogP contribution is 2.32. The third-order valence-electron chi connectivity index (χ3n) is 4.32. The van der Waals surface area contributed by atoms with Crippen molar-refractivity contribution >= 4 is 22.8 Å². The van der Waals surface area contributed by atoms with Gasteiger partial charge in [0.05, 0.1) is 6.61 Å². The lowest BCUT2D eigenvalue weighted by Crippen LogP contribution is -2.56. The minimum Gasteiger partial charge on any atom is -0.479 e. The van der Waals surface area contributed by atoms with E-state index in [0.29, 0.717) is 24.9 Å². The number of carboxylic acids is 1. The molecule has 0 aliphatic carbocycles. The maximum Gasteiger partial charge on any atom is 0.332 e. The number of carboxylic acid groups (broad SMARTS) is 1. The lowest BCUT2D eigenvalue weighted by Gasteiger charge is -2.34. The first-order valence-corrected chi connectivity index (χ1v) is 7.20. The van der Waals surface area contributed by atoms with Gasteiger partial charge in [0.25, 0.3) is 5.91 Å². The summed E-state index contributed by atoms with van der Waals surface area (Å²) in [6.07, 6.45) is 2.88. The highest BCUT2D eigenvalue weighted by Gasteiger charge is 2.50. The Morgan fingerprint density at radius 2 is 2.23 bits per heavy atom. The van der Waals surface area contributed by atoms with Crippen LogP contribution in [0.25, 0.3) is 10.9 Å². The van der Waals surface area contributed by atoms with E-state index in [1.54, 1.807) is 18.3 Å². The van der Waals surface area contributed by atoms with E-state index in [1.165, 1.54) is 12.0 Å². The van der Waals surface area contributed by atoms with E-state index in [0.717, 1.165) is 10.9 Å². The molecule has 1 unspecified atom stereocenters. The molecule has 2 aromatic rings. The van der Waals surface area contributed by atoms with Crippen LogP contribution in [-0.2, 0) is 9.53 Å². The van der Waals surface area contributed by atoms with Crippen LogP contribution >= 0.6 is 0 Å². The van der Waals surface area contributed by atoms with E-state index in [9.17, 15) is 14.7 Å². The first-order valence-electron chi connectivity index (χ1n) is 7.20. The molecule has 0 spiro atoms. The van der Waals surface area contributed by atoms with Crippen LogP contribution in [-0.4, -0.2) is 52.7 Å². The second-order valence-electron chi connectivity index (χ2n) is 5.61. The number of hydrogen-bond donors (Lipinski definition) is 2. The Morgan fingerprint density at radius 1 is 1.41 bits per heavy atom. The van der Waals surface area contributed by atoms with Crippen molar-refractivity contribution in [3.05, 3.63) is 36.0 Å². The Morgan fingerprint density at radius 3 is 2.95 bits per heavy atom. The zero-order valence-electron chi connectivity index (χ0n) is 12.3. The fraction of sp³-hybridized carbons (Fsp3) is 0.375. The van der Waals surface area contributed by atoms with Gasteiger partial charge in [-0.25, -0.2) is 4.79 Å². The Kier molecular flexibility index (Phi) is 3.62. The van der Waals surface area contributed by atoms with Crippen molar-refractivity contribution in [3.63, 3.8) is 0 Å². The molecule has 22 heavy (non-hydrogen) atoms. The van der Waals surface area contributed by atoms with Gasteiger partial charge < -0.3 is 19.7 Å². The number of aliphatic carboxylic acids is 1. The number of H-pyrrole nitrogens is 1. The number of fused-ring (bicyclic) bond motifs is 1. The molecule has 6 nitrogen and oxygen atoms in total. The van der Waals surface area contributed by atoms with Crippen LogP contribution in [0.5, 0.6) is 0 Å². The topological polar surface area (TPSA) is 82.6 Å². The Balaban J connectivity index is 1.97. The van der Waals surface area contributed by atoms with Gasteiger partial charge in [0.2, 0.25) is 0 Å². The van der Waals surface area contributed by atoms with Crippen molar-refractivity contribution in [2.75, 3.05) is 20.3 Å². The van der Waals surface area contributed by atoms with E-state index in [2.05, 4.69) is 4.98 Å². The smallest absolute Gasteiger partial charge is 0.332 e. The molecule has 116 valence electrons. The van der Waals surface area contributed by atoms with Crippen molar-refractivity contribution < 1.29 is 19.4 Å². The third kappa shape index (κ3) is 2.16. The summed E-state index contributed by atoms with van der Waals surface area (Å²) >= 11 is 0. The standard InChI is InChI=1S/C16H18N2O4/c1-22-10-16(15(20)21)6-2-8-18(16)14(19)12-4-3-11-5-7-17-13(11)9-12/h3-5,7,9,17H,2,6,8,10H2,1H3,(H,20,21). The number of ether oxygens (including phenoxy) is 1. The lowest BCUT2D eigenvalue weighted by atomic mass is 9.96. The molecular weight excluding hydrogens is 284 g/mol. The Labute approximate surface area is 127 Å². The fourth-order valence-electron chi connectivity index (χ4n) is 3.18. The van der Waals surface area contributed by atoms with E-state index in [4.69, 9.17) is 4.74 Å². The summed E-state index contributed by atoms with van der Waals surface area (Å²) in [7, 11) is 1.46. The van der Waals surface area contributed by atoms with Gasteiger partial charge in [-0.1, -0.05) is 6.07 Å². The number of aromatic nitrogens is 1. The van der Waals surface area contributed by atoms with Crippen LogP contribution in [0.4, 0.5) is 0 Å². The maximum absolute atomic E-state index is 12.8. The molecule has 1 aromatic heterocycles. The van der Waals surface area contributed by atoms with Gasteiger partial charge in [0, 0.05) is 30.9 Å². The number of benzene rings is 1. The molecule has 1 amide bonds. The van der Waals surface area contributed by atoms with Gasteiger partial charge in [-0.2, -0.15) is 0 Å². The molecule has 1 aliphatic rings. The van der Waals surface area contributed by atoms with E-state index < -0.39 is 11.5 Å². The first-order chi connectivity index (χ1) is 10.6. The summed E-state index contributed by atoms with van der Waals surface area (Å²) in [6.45, 7) is 0.427. The monoisotopic (exact) mass is 302 g/mol. The van der Waals surface area contributed by atoms with Gasteiger partial charge >= 0.3 is 5.97 Å². The van der Waals surface area contributed by atoms with Crippen molar-refractivity contribution in [3.8, 4) is 0 Å². The molecule has 1 saturated heterocycles. The molecule has 2 heterocycles. The second-order valence-corrected chi connectivity index (χ2v) is 5.61. The number of rotatable bonds is 4. The molecule has 1 aromatic carbocycles. The SMILES string of the molecule is COCC1(C(=O)O)CCCN1C(=O)c1ccc2cc[nH]c2c1. The van der Waals surface area contributed by atoms with Gasteiger partial charge in [-0.05, 0) is 36.4 Å². The predicted octanol–water partition coefficient (Wildman–Crippen LogP) is 1.87. The Bertz CT molecular complexity index is 724. The molecule has 1 aliphatic heterocycles. The van der Waals surface area contributed by atoms with Crippen LogP contribution in [0.2, 0.25) is 0 Å². The van der Waals surface area contributed by atoms with Crippen molar-refractivity contribution in [2.24, 2.45) is 0 Å². The summed E-state index contributed by atoms with van der Waals surface area (Å²) in [5, 5.41) is 10.6. The molecule has 0 radical (unpaired) electrons. The summed E-state index contributed by atoms with van der Waals surface area (Å²) < 4.78 is 5.08. The molecule has 1 fully saturated rings. The van der Waals surface area contributed by atoms with Crippen LogP contribution in [0, 0.1) is 0 Å². The number of carbonyl (C=O) groups is 2. The number of amides is 1. The highest BCUT2D eigenvalue weighted by molar-refractivity contribution is 6.00. The van der Waals surface area contributed by atoms with Gasteiger partial charge in [0.15, 0.2) is 5.54 Å². The predicted molar refractivity (Wildman–Crippen MR) is 80.8 cm³/mol. The molecule has 2 N–H and O–H groups in total. The number of hydrogen-bond acceptors (Lipinski definition) is 3. The fourth-order valence-corrected chi connectivity index (χ4v) is 3.18. The van der Waals surface area contributed by atoms with E-state index in [1.807, 2.05) is 12.1 Å². The second kappa shape index (κ2) is 5.46. The van der Waals surface area contributed by atoms with Crippen molar-refractivity contribution in [1.82, 2.24) is 9.88 Å². The highest BCUT2D eigenvalue weighted by atomic mass is 16.5. The normalized spacial score (nSPS) is 21.4. The van der Waals surface area contributed by atoms with Crippen LogP contribution < -0.4 is 0 Å². The summed E-state index contributed by atoms with van der Waals surface area (Å²) in [5.41, 5.74) is 0.0765. The zero-order chi connectivity index (χ0) is 15.7. The van der Waals surface area contributed by atoms with Crippen LogP contribution in [0.1, 0.15) is 23.2 Å². The molecule has 0 saturated carbocycles. The minimum atomic E-state index is -1.27. The number of likely N-dealkylation sites (tertiary alicyclic amines) is 1. The molecule has 1 atom stereocenters. The number of aromatic amines is 1. The molecule has 6 heteroatoms. The zero-order valence-corrected chi connectivity index (χ0v) is 12.3. The van der Waals surface area contributed by atoms with E-state index in [-0.39, 0.29) is 12.5 Å². The first kappa shape index (κ1) is 14.6. The number of carbonyl (C=O) groups excluding carboxylic acids is 1. The molecular formula is C16H18N2O4. The summed E-state index contributed by atoms with van der Waals surface area (Å²) in [5.74, 6) is -1.28. The van der Waals surface area contributed by atoms with Crippen molar-refractivity contribution in [1.29, 1.82) is 0 Å². The maximum atomic E-state index is 12.8. The Hall–Kier alpha value is -2.34. The number of nitrogens with one attached hydrogen (secondary N) is 1. The summed E-state index contributed by atoms with van der Waals surface area (Å²) in [4.78, 5) is 29.0. The van der Waals surface area contributed by atoms with Crippen LogP contribution in [0.3, 0.4) is 0 Å². The van der Waals surface area contributed by atoms with Crippen LogP contribution in [0.15, 0.2) is 30.5 Å². The third-order valence-corrected chi connectivity index (χ3v) is 4.32. The summed E-state index contributed by atoms with van der Waals surface area (Å²) in [6, 6.07) is 7.27. The number of methoxy groups -OCH3 is 1. The lowest BCUT2D eigenvalue weighted by molar-refractivity contribution is -0.151. The van der Waals surface area contributed by atoms with E-state index >= 15 is 0 Å². The van der Waals surface area contributed by atoms with Gasteiger partial charge in [-0.3, -0.25) is 4.79 Å². The minimum absolute atomic E-state index is 0.00117.